The van der Waals surface area contributed by atoms with E-state index in [9.17, 15) is 10.1 Å². The summed E-state index contributed by atoms with van der Waals surface area (Å²) >= 11 is 0. The molecule has 5 heteroatoms. The number of nitro benzene ring substituents is 1. The molecule has 1 aliphatic heterocycles. The van der Waals surface area contributed by atoms with Gasteiger partial charge in [0.1, 0.15) is 12.6 Å². The molecule has 174 valence electrons. The zero-order valence-electron chi connectivity index (χ0n) is 19.6. The Morgan fingerprint density at radius 1 is 0.639 bits per heavy atom. The Kier molecular flexibility index (Phi) is 5.51. The fraction of sp³-hybridized carbons (Fsp3) is 0.0645. The molecular formula is C31H24N3O2+. The van der Waals surface area contributed by atoms with Gasteiger partial charge in [-0.15, -0.1) is 0 Å². The van der Waals surface area contributed by atoms with E-state index in [1.807, 2.05) is 24.3 Å². The second-order valence-electron chi connectivity index (χ2n) is 8.91. The molecule has 4 aromatic carbocycles. The van der Waals surface area contributed by atoms with Gasteiger partial charge in [0.2, 0.25) is 11.4 Å². The van der Waals surface area contributed by atoms with Gasteiger partial charge in [-0.2, -0.15) is 5.01 Å². The lowest BCUT2D eigenvalue weighted by molar-refractivity contribution is -0.655. The van der Waals surface area contributed by atoms with Crippen molar-refractivity contribution < 1.29 is 9.60 Å². The lowest BCUT2D eigenvalue weighted by Gasteiger charge is -2.13. The minimum atomic E-state index is -0.331. The average molecular weight is 471 g/mol. The van der Waals surface area contributed by atoms with E-state index in [1.54, 1.807) is 18.2 Å². The normalized spacial score (nSPS) is 14.4. The first kappa shape index (κ1) is 21.7. The van der Waals surface area contributed by atoms with Crippen molar-refractivity contribution in [3.63, 3.8) is 0 Å². The van der Waals surface area contributed by atoms with Gasteiger partial charge in [0.15, 0.2) is 0 Å². The maximum atomic E-state index is 11.4. The van der Waals surface area contributed by atoms with Gasteiger partial charge < -0.3 is 0 Å². The van der Waals surface area contributed by atoms with Crippen molar-refractivity contribution >= 4 is 5.69 Å². The summed E-state index contributed by atoms with van der Waals surface area (Å²) in [7, 11) is 0. The first-order valence-corrected chi connectivity index (χ1v) is 12.0. The predicted octanol–water partition coefficient (Wildman–Crippen LogP) is 6.58. The third kappa shape index (κ3) is 4.12. The third-order valence-corrected chi connectivity index (χ3v) is 6.60. The number of hydrogen-bond acceptors (Lipinski definition) is 3. The Morgan fingerprint density at radius 2 is 1.17 bits per heavy atom. The van der Waals surface area contributed by atoms with Crippen LogP contribution in [-0.4, -0.2) is 11.5 Å². The highest BCUT2D eigenvalue weighted by atomic mass is 16.6. The van der Waals surface area contributed by atoms with Crippen molar-refractivity contribution in [2.45, 2.75) is 6.04 Å². The lowest BCUT2D eigenvalue weighted by Crippen LogP contribution is -2.49. The van der Waals surface area contributed by atoms with Crippen LogP contribution >= 0.6 is 0 Å². The molecule has 36 heavy (non-hydrogen) atoms. The maximum Gasteiger partial charge on any atom is 0.269 e. The van der Waals surface area contributed by atoms with Crippen molar-refractivity contribution in [3.05, 3.63) is 143 Å². The summed E-state index contributed by atoms with van der Waals surface area (Å²) in [5.74, 6) is 0. The molecule has 1 saturated heterocycles. The number of rotatable bonds is 6. The fourth-order valence-corrected chi connectivity index (χ4v) is 4.77. The van der Waals surface area contributed by atoms with Gasteiger partial charge in [0.25, 0.3) is 5.69 Å². The number of aromatic nitrogens is 1. The Morgan fingerprint density at radius 3 is 1.69 bits per heavy atom. The summed E-state index contributed by atoms with van der Waals surface area (Å²) < 4.78 is 2.28. The van der Waals surface area contributed by atoms with Crippen LogP contribution in [0, 0.1) is 10.1 Å². The van der Waals surface area contributed by atoms with E-state index < -0.39 is 0 Å². The van der Waals surface area contributed by atoms with Crippen LogP contribution in [0.4, 0.5) is 5.69 Å². The monoisotopic (exact) mass is 470 g/mol. The second kappa shape index (κ2) is 9.12. The number of benzene rings is 4. The Balaban J connectivity index is 1.56. The molecule has 1 fully saturated rings. The number of hydrogen-bond donors (Lipinski definition) is 0. The largest absolute Gasteiger partial charge is 0.269 e. The molecule has 5 nitrogen and oxygen atoms in total. The van der Waals surface area contributed by atoms with Crippen LogP contribution in [0.25, 0.3) is 33.6 Å². The average Bonchev–Trinajstić information content (AvgIpc) is 3.74. The quantitative estimate of drug-likeness (QED) is 0.122. The molecule has 1 unspecified atom stereocenters. The molecule has 0 bridgehead atoms. The van der Waals surface area contributed by atoms with Crippen LogP contribution in [-0.2, 0) is 0 Å². The molecule has 0 aliphatic carbocycles. The van der Waals surface area contributed by atoms with Crippen molar-refractivity contribution in [1.82, 2.24) is 0 Å². The molecule has 0 radical (unpaired) electrons. The summed E-state index contributed by atoms with van der Waals surface area (Å²) in [6.45, 7) is 0.774. The van der Waals surface area contributed by atoms with E-state index in [0.717, 1.165) is 45.7 Å². The lowest BCUT2D eigenvalue weighted by atomic mass is 9.99. The number of non-ortho nitro benzene ring substituents is 1. The summed E-state index contributed by atoms with van der Waals surface area (Å²) in [6.07, 6.45) is 0. The van der Waals surface area contributed by atoms with Gasteiger partial charge in [0.05, 0.1) is 4.92 Å². The van der Waals surface area contributed by atoms with Crippen molar-refractivity contribution in [3.8, 4) is 33.6 Å². The molecule has 1 atom stereocenters. The van der Waals surface area contributed by atoms with Gasteiger partial charge in [-0.3, -0.25) is 10.1 Å². The van der Waals surface area contributed by atoms with E-state index >= 15 is 0 Å². The van der Waals surface area contributed by atoms with Crippen LogP contribution in [0.5, 0.6) is 0 Å². The Bertz CT molecular complexity index is 1480. The summed E-state index contributed by atoms with van der Waals surface area (Å²) in [5, 5.41) is 13.7. The molecule has 0 amide bonds. The highest BCUT2D eigenvalue weighted by Gasteiger charge is 2.46. The minimum absolute atomic E-state index is 0.0578. The molecule has 6 rings (SSSR count). The van der Waals surface area contributed by atoms with Crippen LogP contribution in [0.15, 0.2) is 127 Å². The standard InChI is InChI=1S/C31H24N3O2/c35-34(36)28-18-10-17-26(19-28)31-22-32(31)33-29(24-13-6-2-7-14-24)20-27(23-11-4-1-5-12-23)21-30(33)25-15-8-3-9-16-25/h1-21,31H,22H2/q+1. The predicted molar refractivity (Wildman–Crippen MR) is 142 cm³/mol. The van der Waals surface area contributed by atoms with Gasteiger partial charge in [-0.1, -0.05) is 83.5 Å². The molecule has 1 aromatic heterocycles. The summed E-state index contributed by atoms with van der Waals surface area (Å²) in [4.78, 5) is 11.1. The summed E-state index contributed by atoms with van der Waals surface area (Å²) in [5.41, 5.74) is 7.72. The number of nitro groups is 1. The van der Waals surface area contributed by atoms with Crippen LogP contribution < -0.4 is 9.69 Å². The van der Waals surface area contributed by atoms with E-state index in [2.05, 4.69) is 94.6 Å². The highest BCUT2D eigenvalue weighted by molar-refractivity contribution is 5.74. The van der Waals surface area contributed by atoms with Crippen LogP contribution in [0.3, 0.4) is 0 Å². The van der Waals surface area contributed by atoms with E-state index in [1.165, 1.54) is 0 Å². The van der Waals surface area contributed by atoms with Crippen LogP contribution in [0.1, 0.15) is 11.6 Å². The van der Waals surface area contributed by atoms with Crippen molar-refractivity contribution in [2.75, 3.05) is 11.6 Å². The number of nitrogens with zero attached hydrogens (tertiary/aromatic N) is 3. The van der Waals surface area contributed by atoms with Gasteiger partial charge >= 0.3 is 0 Å². The van der Waals surface area contributed by atoms with Crippen molar-refractivity contribution in [1.29, 1.82) is 0 Å². The third-order valence-electron chi connectivity index (χ3n) is 6.60. The topological polar surface area (TPSA) is 50.0 Å². The summed E-state index contributed by atoms with van der Waals surface area (Å²) in [6, 6.07) is 42.7. The first-order valence-electron chi connectivity index (χ1n) is 12.0. The zero-order chi connectivity index (χ0) is 24.5. The Labute approximate surface area is 209 Å². The molecule has 1 aliphatic rings. The van der Waals surface area contributed by atoms with E-state index in [0.29, 0.717) is 0 Å². The molecule has 5 aromatic rings. The first-order chi connectivity index (χ1) is 17.7. The van der Waals surface area contributed by atoms with Crippen molar-refractivity contribution in [2.24, 2.45) is 0 Å². The Hall–Kier alpha value is -4.77. The van der Waals surface area contributed by atoms with Gasteiger partial charge in [-0.25, -0.2) is 0 Å². The number of pyridine rings is 1. The fourth-order valence-electron chi connectivity index (χ4n) is 4.77. The SMILES string of the molecule is O=[N+]([O-])c1cccc(C2CN2[n+]2c(-c3ccccc3)cc(-c3ccccc3)cc2-c2ccccc2)c1. The zero-order valence-corrected chi connectivity index (χ0v) is 19.6. The molecule has 0 N–H and O–H groups in total. The molecule has 0 spiro atoms. The molecule has 0 saturated carbocycles. The van der Waals surface area contributed by atoms with Gasteiger partial charge in [-0.05, 0) is 41.0 Å². The minimum Gasteiger partial charge on any atom is -0.258 e. The van der Waals surface area contributed by atoms with E-state index in [-0.39, 0.29) is 16.7 Å². The molecule has 2 heterocycles. The smallest absolute Gasteiger partial charge is 0.258 e. The highest BCUT2D eigenvalue weighted by Crippen LogP contribution is 2.36. The van der Waals surface area contributed by atoms with E-state index in [4.69, 9.17) is 0 Å². The van der Waals surface area contributed by atoms with Gasteiger partial charge in [0, 0.05) is 35.4 Å². The maximum absolute atomic E-state index is 11.4. The van der Waals surface area contributed by atoms with Crippen LogP contribution in [0.2, 0.25) is 0 Å². The second-order valence-corrected chi connectivity index (χ2v) is 8.91. The molecular weight excluding hydrogens is 446 g/mol.